The molecular weight excluding hydrogens is 576 g/mol. The molecule has 2 atom stereocenters. The van der Waals surface area contributed by atoms with Gasteiger partial charge in [-0.2, -0.15) is 0 Å². The Morgan fingerprint density at radius 3 is 1.70 bits per heavy atom. The van der Waals surface area contributed by atoms with E-state index in [4.69, 9.17) is 14.2 Å². The van der Waals surface area contributed by atoms with Gasteiger partial charge in [0.05, 0.1) is 0 Å². The van der Waals surface area contributed by atoms with Crippen molar-refractivity contribution in [1.82, 2.24) is 0 Å². The maximum atomic E-state index is 12.8. The maximum absolute atomic E-state index is 12.8. The zero-order valence-electron chi connectivity index (χ0n) is 29.5. The first-order chi connectivity index (χ1) is 21.7. The van der Waals surface area contributed by atoms with Crippen LogP contribution in [0.4, 0.5) is 0 Å². The monoisotopic (exact) mass is 628 g/mol. The topological polar surface area (TPSA) is 78.9 Å². The number of hydrogen-bond donors (Lipinski definition) is 0. The summed E-state index contributed by atoms with van der Waals surface area (Å²) < 4.78 is 17.6. The highest BCUT2D eigenvalue weighted by atomic mass is 16.5. The Kier molecular flexibility index (Phi) is 12.4. The summed E-state index contributed by atoms with van der Waals surface area (Å²) >= 11 is 0. The first-order valence-corrected chi connectivity index (χ1v) is 16.6. The van der Waals surface area contributed by atoms with Crippen LogP contribution in [0, 0.1) is 20.8 Å². The Bertz CT molecular complexity index is 1570. The van der Waals surface area contributed by atoms with Crippen molar-refractivity contribution in [2.24, 2.45) is 0 Å². The molecule has 6 heteroatoms. The Labute approximate surface area is 275 Å². The van der Waals surface area contributed by atoms with Crippen molar-refractivity contribution >= 4 is 17.9 Å². The maximum Gasteiger partial charge on any atom is 0.308 e. The number of benzene rings is 3. The fourth-order valence-electron chi connectivity index (χ4n) is 7.04. The smallest absolute Gasteiger partial charge is 0.308 e. The summed E-state index contributed by atoms with van der Waals surface area (Å²) in [7, 11) is 0. The van der Waals surface area contributed by atoms with Gasteiger partial charge in [-0.15, -0.1) is 0 Å². The van der Waals surface area contributed by atoms with Crippen molar-refractivity contribution in [3.05, 3.63) is 87.5 Å². The minimum absolute atomic E-state index is 0.357. The van der Waals surface area contributed by atoms with Gasteiger partial charge in [-0.05, 0) is 76.1 Å². The van der Waals surface area contributed by atoms with E-state index >= 15 is 0 Å². The van der Waals surface area contributed by atoms with Gasteiger partial charge in [-0.3, -0.25) is 14.4 Å². The number of aryl methyl sites for hydroxylation is 3. The Morgan fingerprint density at radius 1 is 0.609 bits per heavy atom. The Hall–Kier alpha value is -3.93. The highest BCUT2D eigenvalue weighted by molar-refractivity contribution is 5.72. The van der Waals surface area contributed by atoms with Crippen LogP contribution in [0.3, 0.4) is 0 Å². The molecule has 3 aromatic rings. The molecule has 0 aliphatic heterocycles. The van der Waals surface area contributed by atoms with Gasteiger partial charge in [0.15, 0.2) is 0 Å². The van der Waals surface area contributed by atoms with Crippen molar-refractivity contribution in [3.8, 4) is 17.2 Å². The van der Waals surface area contributed by atoms with Crippen molar-refractivity contribution < 1.29 is 28.6 Å². The van der Waals surface area contributed by atoms with E-state index in [1.54, 1.807) is 0 Å². The molecule has 46 heavy (non-hydrogen) atoms. The van der Waals surface area contributed by atoms with E-state index in [9.17, 15) is 14.4 Å². The molecule has 0 spiro atoms. The van der Waals surface area contributed by atoms with Gasteiger partial charge in [-0.1, -0.05) is 93.6 Å². The van der Waals surface area contributed by atoms with Crippen LogP contribution in [0.2, 0.25) is 0 Å². The third-order valence-corrected chi connectivity index (χ3v) is 8.95. The van der Waals surface area contributed by atoms with E-state index in [1.165, 1.54) is 20.8 Å². The van der Waals surface area contributed by atoms with E-state index < -0.39 is 5.41 Å². The molecule has 0 aliphatic carbocycles. The third-order valence-electron chi connectivity index (χ3n) is 8.95. The summed E-state index contributed by atoms with van der Waals surface area (Å²) in [6, 6.07) is 16.1. The van der Waals surface area contributed by atoms with Crippen molar-refractivity contribution in [1.29, 1.82) is 0 Å². The van der Waals surface area contributed by atoms with Crippen LogP contribution in [0.1, 0.15) is 120 Å². The molecule has 0 aromatic heterocycles. The standard InChI is InChI=1S/C40H52O6/c1-11-18-39(10,24-32-20-26(4)14-16-36(32)44-29(7)41)35-23-28(6)21-33(38(35)46-31(9)43)25-40(13-3,19-12-2)34-22-27(5)15-17-37(34)45-30(8)42/h14-17,20-23H,11-13,18-19,24-25H2,1-10H3. The van der Waals surface area contributed by atoms with Gasteiger partial charge >= 0.3 is 17.9 Å². The molecule has 0 saturated heterocycles. The van der Waals surface area contributed by atoms with E-state index in [1.807, 2.05) is 38.1 Å². The average molecular weight is 629 g/mol. The van der Waals surface area contributed by atoms with Crippen LogP contribution in [-0.2, 0) is 38.1 Å². The van der Waals surface area contributed by atoms with E-state index in [-0.39, 0.29) is 23.3 Å². The van der Waals surface area contributed by atoms with Crippen molar-refractivity contribution in [2.45, 2.75) is 125 Å². The molecule has 248 valence electrons. The fourth-order valence-corrected chi connectivity index (χ4v) is 7.04. The lowest BCUT2D eigenvalue weighted by molar-refractivity contribution is -0.133. The second kappa shape index (κ2) is 15.6. The largest absolute Gasteiger partial charge is 0.426 e. The van der Waals surface area contributed by atoms with Gasteiger partial charge in [-0.25, -0.2) is 0 Å². The predicted octanol–water partition coefficient (Wildman–Crippen LogP) is 9.38. The minimum atomic E-state index is -0.450. The van der Waals surface area contributed by atoms with E-state index in [2.05, 4.69) is 58.9 Å². The van der Waals surface area contributed by atoms with E-state index in [0.717, 1.165) is 71.0 Å². The summed E-state index contributed by atoms with van der Waals surface area (Å²) in [5.74, 6) is 0.610. The Balaban J connectivity index is 2.31. The van der Waals surface area contributed by atoms with Gasteiger partial charge < -0.3 is 14.2 Å². The number of hydrogen-bond acceptors (Lipinski definition) is 6. The minimum Gasteiger partial charge on any atom is -0.426 e. The Morgan fingerprint density at radius 2 is 1.13 bits per heavy atom. The molecule has 2 unspecified atom stereocenters. The van der Waals surface area contributed by atoms with Crippen LogP contribution in [0.15, 0.2) is 48.5 Å². The SMILES string of the molecule is CCCC(C)(Cc1cc(C)ccc1OC(C)=O)c1cc(C)cc(CC(CC)(CCC)c2cc(C)ccc2OC(C)=O)c1OC(C)=O. The summed E-state index contributed by atoms with van der Waals surface area (Å²) in [6.07, 6.45) is 5.47. The molecule has 3 rings (SSSR count). The number of carbonyl (C=O) groups is 3. The van der Waals surface area contributed by atoms with Crippen LogP contribution in [0.25, 0.3) is 0 Å². The molecule has 0 radical (unpaired) electrons. The molecule has 0 fully saturated rings. The zero-order valence-corrected chi connectivity index (χ0v) is 29.5. The van der Waals surface area contributed by atoms with Gasteiger partial charge in [0, 0.05) is 42.7 Å². The van der Waals surface area contributed by atoms with Crippen LogP contribution < -0.4 is 14.2 Å². The number of carbonyl (C=O) groups excluding carboxylic acids is 3. The van der Waals surface area contributed by atoms with Gasteiger partial charge in [0.2, 0.25) is 0 Å². The molecular formula is C40H52O6. The summed E-state index contributed by atoms with van der Waals surface area (Å²) in [4.78, 5) is 36.9. The number of esters is 3. The summed E-state index contributed by atoms with van der Waals surface area (Å²) in [6.45, 7) is 19.2. The van der Waals surface area contributed by atoms with Crippen molar-refractivity contribution in [2.75, 3.05) is 0 Å². The van der Waals surface area contributed by atoms with Crippen molar-refractivity contribution in [3.63, 3.8) is 0 Å². The second-order valence-electron chi connectivity index (χ2n) is 13.2. The molecule has 0 heterocycles. The molecule has 6 nitrogen and oxygen atoms in total. The molecule has 0 bridgehead atoms. The highest BCUT2D eigenvalue weighted by Crippen LogP contribution is 2.47. The molecule has 3 aromatic carbocycles. The van der Waals surface area contributed by atoms with Crippen LogP contribution in [-0.4, -0.2) is 17.9 Å². The van der Waals surface area contributed by atoms with Crippen LogP contribution in [0.5, 0.6) is 17.2 Å². The quantitative estimate of drug-likeness (QED) is 0.131. The van der Waals surface area contributed by atoms with Gasteiger partial charge in [0.1, 0.15) is 17.2 Å². The van der Waals surface area contributed by atoms with Crippen LogP contribution >= 0.6 is 0 Å². The zero-order chi connectivity index (χ0) is 34.2. The molecule has 0 N–H and O–H groups in total. The van der Waals surface area contributed by atoms with Gasteiger partial charge in [0.25, 0.3) is 0 Å². The normalized spacial score (nSPS) is 13.8. The highest BCUT2D eigenvalue weighted by Gasteiger charge is 2.38. The lowest BCUT2D eigenvalue weighted by atomic mass is 9.68. The molecule has 0 saturated carbocycles. The lowest BCUT2D eigenvalue weighted by Gasteiger charge is -2.37. The number of rotatable bonds is 14. The first kappa shape index (κ1) is 36.5. The summed E-state index contributed by atoms with van der Waals surface area (Å²) in [5, 5.41) is 0. The first-order valence-electron chi connectivity index (χ1n) is 16.6. The number of ether oxygens (including phenoxy) is 3. The second-order valence-corrected chi connectivity index (χ2v) is 13.2. The molecule has 0 amide bonds. The fraction of sp³-hybridized carbons (Fsp3) is 0.475. The summed E-state index contributed by atoms with van der Waals surface area (Å²) in [5.41, 5.74) is 6.22. The third kappa shape index (κ3) is 8.86. The lowest BCUT2D eigenvalue weighted by Crippen LogP contribution is -2.31. The average Bonchev–Trinajstić information content (AvgIpc) is 2.95. The molecule has 0 aliphatic rings. The van der Waals surface area contributed by atoms with E-state index in [0.29, 0.717) is 30.1 Å². The predicted molar refractivity (Wildman–Crippen MR) is 184 cm³/mol.